The zero-order chi connectivity index (χ0) is 14.4. The fraction of sp³-hybridized carbons (Fsp3) is 0.643. The summed E-state index contributed by atoms with van der Waals surface area (Å²) in [6.45, 7) is 12.4. The van der Waals surface area contributed by atoms with Crippen LogP contribution in [0.25, 0.3) is 0 Å². The smallest absolute Gasteiger partial charge is 0.399 e. The second kappa shape index (κ2) is 4.49. The van der Waals surface area contributed by atoms with E-state index in [0.29, 0.717) is 11.6 Å². The molecule has 0 atom stereocenters. The molecule has 0 unspecified atom stereocenters. The first kappa shape index (κ1) is 14.3. The molecule has 2 N–H and O–H groups in total. The van der Waals surface area contributed by atoms with Crippen LogP contribution in [0.1, 0.15) is 53.0 Å². The number of pyridine rings is 1. The van der Waals surface area contributed by atoms with E-state index in [9.17, 15) is 0 Å². The number of rotatable bonds is 2. The molecule has 1 aliphatic rings. The molecule has 0 spiro atoms. The van der Waals surface area contributed by atoms with Crippen LogP contribution >= 0.6 is 0 Å². The molecule has 0 amide bonds. The fourth-order valence-corrected chi connectivity index (χ4v) is 2.33. The first-order valence-corrected chi connectivity index (χ1v) is 6.74. The van der Waals surface area contributed by atoms with E-state index in [0.717, 1.165) is 11.0 Å². The topological polar surface area (TPSA) is 57.4 Å². The van der Waals surface area contributed by atoms with Gasteiger partial charge in [0.2, 0.25) is 0 Å². The number of hydrogen-bond donors (Lipinski definition) is 1. The maximum absolute atomic E-state index is 6.08. The van der Waals surface area contributed by atoms with Gasteiger partial charge >= 0.3 is 7.12 Å². The zero-order valence-electron chi connectivity index (χ0n) is 12.7. The van der Waals surface area contributed by atoms with Gasteiger partial charge in [-0.1, -0.05) is 13.8 Å². The van der Waals surface area contributed by atoms with E-state index in [1.807, 2.05) is 27.7 Å². The van der Waals surface area contributed by atoms with Gasteiger partial charge in [-0.15, -0.1) is 0 Å². The highest BCUT2D eigenvalue weighted by Gasteiger charge is 2.52. The van der Waals surface area contributed by atoms with Crippen molar-refractivity contribution in [2.45, 2.75) is 58.7 Å². The van der Waals surface area contributed by atoms with E-state index >= 15 is 0 Å². The normalized spacial score (nSPS) is 21.1. The number of aromatic nitrogens is 1. The molecule has 0 aliphatic carbocycles. The van der Waals surface area contributed by atoms with Crippen LogP contribution in [0.4, 0.5) is 5.69 Å². The van der Waals surface area contributed by atoms with Gasteiger partial charge in [-0.3, -0.25) is 4.98 Å². The first-order valence-electron chi connectivity index (χ1n) is 6.74. The Kier molecular flexibility index (Phi) is 3.39. The summed E-state index contributed by atoms with van der Waals surface area (Å²) in [5.41, 5.74) is 8.05. The number of nitrogen functional groups attached to an aromatic ring is 1. The average molecular weight is 262 g/mol. The molecule has 4 nitrogen and oxygen atoms in total. The molecule has 0 bridgehead atoms. The quantitative estimate of drug-likeness (QED) is 0.829. The lowest BCUT2D eigenvalue weighted by Crippen LogP contribution is -2.41. The summed E-state index contributed by atoms with van der Waals surface area (Å²) in [7, 11) is -0.404. The largest absolute Gasteiger partial charge is 0.496 e. The number of nitrogens with two attached hydrogens (primary N) is 1. The van der Waals surface area contributed by atoms with Gasteiger partial charge < -0.3 is 15.0 Å². The van der Waals surface area contributed by atoms with Gasteiger partial charge in [0.15, 0.2) is 0 Å². The van der Waals surface area contributed by atoms with Gasteiger partial charge in [0.25, 0.3) is 0 Å². The molecule has 19 heavy (non-hydrogen) atoms. The fourth-order valence-electron chi connectivity index (χ4n) is 2.33. The van der Waals surface area contributed by atoms with Crippen molar-refractivity contribution in [1.82, 2.24) is 4.98 Å². The molecule has 2 heterocycles. The Balaban J connectivity index is 2.43. The van der Waals surface area contributed by atoms with Gasteiger partial charge in [0, 0.05) is 17.9 Å². The highest BCUT2D eigenvalue weighted by molar-refractivity contribution is 6.62. The van der Waals surface area contributed by atoms with Crippen molar-refractivity contribution in [3.05, 3.63) is 18.0 Å². The van der Waals surface area contributed by atoms with Crippen molar-refractivity contribution in [2.75, 3.05) is 5.73 Å². The molecule has 1 aliphatic heterocycles. The van der Waals surface area contributed by atoms with E-state index < -0.39 is 7.12 Å². The van der Waals surface area contributed by atoms with Crippen molar-refractivity contribution in [3.8, 4) is 0 Å². The van der Waals surface area contributed by atoms with Gasteiger partial charge in [-0.25, -0.2) is 0 Å². The second-order valence-electron chi connectivity index (χ2n) is 6.47. The monoisotopic (exact) mass is 262 g/mol. The number of anilines is 1. The minimum Gasteiger partial charge on any atom is -0.399 e. The second-order valence-corrected chi connectivity index (χ2v) is 6.47. The van der Waals surface area contributed by atoms with E-state index in [1.54, 1.807) is 12.4 Å². The highest BCUT2D eigenvalue weighted by Crippen LogP contribution is 2.37. The summed E-state index contributed by atoms with van der Waals surface area (Å²) in [4.78, 5) is 4.18. The van der Waals surface area contributed by atoms with Crippen LogP contribution in [-0.4, -0.2) is 23.3 Å². The van der Waals surface area contributed by atoms with Crippen LogP contribution in [0.5, 0.6) is 0 Å². The summed E-state index contributed by atoms with van der Waals surface area (Å²) in [5, 5.41) is 0. The van der Waals surface area contributed by atoms with E-state index in [2.05, 4.69) is 18.8 Å². The van der Waals surface area contributed by atoms with Crippen molar-refractivity contribution in [1.29, 1.82) is 0 Å². The molecular formula is C14H23BN2O2. The van der Waals surface area contributed by atoms with Crippen LogP contribution in [0.3, 0.4) is 0 Å². The molecule has 1 saturated heterocycles. The van der Waals surface area contributed by atoms with Gasteiger partial charge in [-0.05, 0) is 39.2 Å². The molecule has 0 radical (unpaired) electrons. The zero-order valence-corrected chi connectivity index (χ0v) is 12.7. The van der Waals surface area contributed by atoms with Crippen molar-refractivity contribution < 1.29 is 9.31 Å². The van der Waals surface area contributed by atoms with Gasteiger partial charge in [-0.2, -0.15) is 0 Å². The Morgan fingerprint density at radius 3 is 2.11 bits per heavy atom. The van der Waals surface area contributed by atoms with Crippen LogP contribution in [0.2, 0.25) is 0 Å². The van der Waals surface area contributed by atoms with E-state index in [4.69, 9.17) is 15.0 Å². The lowest BCUT2D eigenvalue weighted by molar-refractivity contribution is 0.00578. The maximum atomic E-state index is 6.08. The summed E-state index contributed by atoms with van der Waals surface area (Å²) in [5.74, 6) is 0.303. The molecule has 5 heteroatoms. The third-order valence-corrected chi connectivity index (χ3v) is 4.13. The maximum Gasteiger partial charge on any atom is 0.496 e. The van der Waals surface area contributed by atoms with Crippen LogP contribution in [0, 0.1) is 0 Å². The Bertz CT molecular complexity index is 470. The predicted octanol–water partition coefficient (Wildman–Crippen LogP) is 2.09. The summed E-state index contributed by atoms with van der Waals surface area (Å²) >= 11 is 0. The lowest BCUT2D eigenvalue weighted by Gasteiger charge is -2.32. The first-order chi connectivity index (χ1) is 8.66. The lowest BCUT2D eigenvalue weighted by atomic mass is 9.74. The number of hydrogen-bond acceptors (Lipinski definition) is 4. The van der Waals surface area contributed by atoms with Crippen molar-refractivity contribution >= 4 is 18.3 Å². The Morgan fingerprint density at radius 2 is 1.63 bits per heavy atom. The molecule has 1 fully saturated rings. The highest BCUT2D eigenvalue weighted by atomic mass is 16.7. The summed E-state index contributed by atoms with van der Waals surface area (Å²) in [6, 6.07) is 0. The average Bonchev–Trinajstić information content (AvgIpc) is 2.47. The summed E-state index contributed by atoms with van der Waals surface area (Å²) < 4.78 is 12.2. The van der Waals surface area contributed by atoms with Crippen molar-refractivity contribution in [3.63, 3.8) is 0 Å². The van der Waals surface area contributed by atoms with Crippen molar-refractivity contribution in [2.24, 2.45) is 0 Å². The standard InChI is InChI=1S/C14H23BN2O2/c1-9(2)12-10(7-17-8-11(12)16)15-18-13(3,4)14(5,6)19-15/h7-9H,16H2,1-6H3. The Labute approximate surface area is 115 Å². The Morgan fingerprint density at radius 1 is 1.11 bits per heavy atom. The third kappa shape index (κ3) is 2.37. The molecule has 1 aromatic heterocycles. The van der Waals surface area contributed by atoms with Crippen LogP contribution in [-0.2, 0) is 9.31 Å². The van der Waals surface area contributed by atoms with Gasteiger partial charge in [0.1, 0.15) is 0 Å². The Hall–Kier alpha value is -1.07. The molecular weight excluding hydrogens is 239 g/mol. The molecule has 0 aromatic carbocycles. The SMILES string of the molecule is CC(C)c1c(N)cncc1B1OC(C)(C)C(C)(C)O1. The third-order valence-electron chi connectivity index (χ3n) is 4.13. The molecule has 1 aromatic rings. The van der Waals surface area contributed by atoms with E-state index in [1.165, 1.54) is 0 Å². The molecule has 0 saturated carbocycles. The minimum atomic E-state index is -0.404. The van der Waals surface area contributed by atoms with Gasteiger partial charge in [0.05, 0.1) is 16.9 Å². The molecule has 2 rings (SSSR count). The number of nitrogens with zero attached hydrogens (tertiary/aromatic N) is 1. The van der Waals surface area contributed by atoms with Crippen LogP contribution < -0.4 is 11.2 Å². The van der Waals surface area contributed by atoms with E-state index in [-0.39, 0.29) is 11.2 Å². The summed E-state index contributed by atoms with van der Waals surface area (Å²) in [6.07, 6.45) is 3.48. The molecule has 104 valence electrons. The predicted molar refractivity (Wildman–Crippen MR) is 78.5 cm³/mol. The minimum absolute atomic E-state index is 0.303. The van der Waals surface area contributed by atoms with Crippen LogP contribution in [0.15, 0.2) is 12.4 Å².